The number of ether oxygens (including phenoxy) is 3. The van der Waals surface area contributed by atoms with E-state index in [2.05, 4.69) is 16.0 Å². The lowest BCUT2D eigenvalue weighted by atomic mass is 9.75. The summed E-state index contributed by atoms with van der Waals surface area (Å²) >= 11 is 0. The van der Waals surface area contributed by atoms with Gasteiger partial charge in [-0.15, -0.1) is 0 Å². The van der Waals surface area contributed by atoms with Crippen molar-refractivity contribution in [1.29, 1.82) is 0 Å². The topological polar surface area (TPSA) is 138 Å². The Morgan fingerprint density at radius 1 is 0.778 bits per heavy atom. The molecule has 5 N–H and O–H groups in total. The Labute approximate surface area is 266 Å². The smallest absolute Gasteiger partial charge is 0.475 e. The van der Waals surface area contributed by atoms with E-state index in [1.165, 1.54) is 21.3 Å². The molecule has 0 saturated carbocycles. The van der Waals surface area contributed by atoms with E-state index in [9.17, 15) is 19.6 Å². The van der Waals surface area contributed by atoms with Crippen LogP contribution in [0.25, 0.3) is 11.1 Å². The van der Waals surface area contributed by atoms with Gasteiger partial charge in [0.05, 0.1) is 27.3 Å². The summed E-state index contributed by atoms with van der Waals surface area (Å²) in [6, 6.07) is 19.5. The van der Waals surface area contributed by atoms with Crippen LogP contribution >= 0.6 is 0 Å². The summed E-state index contributed by atoms with van der Waals surface area (Å²) in [4.78, 5) is 27.4. The number of methoxy groups -OCH3 is 3. The summed E-state index contributed by atoms with van der Waals surface area (Å²) in [6.07, 6.45) is 0.584. The van der Waals surface area contributed by atoms with Gasteiger partial charge in [-0.05, 0) is 59.2 Å². The van der Waals surface area contributed by atoms with Crippen molar-refractivity contribution in [3.63, 3.8) is 0 Å². The van der Waals surface area contributed by atoms with Crippen molar-refractivity contribution in [1.82, 2.24) is 10.6 Å². The zero-order valence-electron chi connectivity index (χ0n) is 27.2. The van der Waals surface area contributed by atoms with Crippen molar-refractivity contribution in [3.8, 4) is 28.4 Å². The van der Waals surface area contributed by atoms with E-state index < -0.39 is 37.0 Å². The van der Waals surface area contributed by atoms with Gasteiger partial charge in [0.25, 0.3) is 0 Å². The summed E-state index contributed by atoms with van der Waals surface area (Å²) < 4.78 is 16.5. The zero-order valence-corrected chi connectivity index (χ0v) is 27.2. The maximum atomic E-state index is 14.0. The molecule has 3 aromatic rings. The van der Waals surface area contributed by atoms with Crippen LogP contribution in [0.3, 0.4) is 0 Å². The highest BCUT2D eigenvalue weighted by Gasteiger charge is 2.33. The predicted molar refractivity (Wildman–Crippen MR) is 177 cm³/mol. The Bertz CT molecular complexity index is 1380. The standard InChI is InChI=1S/C34H46BN3O7/c1-21(2)16-30(35(41)42)37-34(40)31(22(3)4)38-33(39)27(17-23-18-28(43-5)32(45-7)29(19-23)44-6)36-26-15-11-14-25(20-26)24-12-9-8-10-13-24/h8-15,18-22,27,30-31,36,41-42H,16-17H2,1-7H3,(H,37,40)(H,38,39)/t27-,30+,31+/m0/s1. The first-order valence-electron chi connectivity index (χ1n) is 15.1. The molecule has 11 heteroatoms. The van der Waals surface area contributed by atoms with Crippen molar-refractivity contribution in [3.05, 3.63) is 72.3 Å². The maximum absolute atomic E-state index is 14.0. The minimum absolute atomic E-state index is 0.114. The van der Waals surface area contributed by atoms with Gasteiger partial charge in [-0.2, -0.15) is 0 Å². The molecule has 0 radical (unpaired) electrons. The fraction of sp³-hybridized carbons (Fsp3) is 0.412. The highest BCUT2D eigenvalue weighted by atomic mass is 16.5. The van der Waals surface area contributed by atoms with Crippen molar-refractivity contribution in [2.45, 2.75) is 58.6 Å². The first kappa shape index (κ1) is 35.3. The van der Waals surface area contributed by atoms with E-state index in [4.69, 9.17) is 14.2 Å². The Morgan fingerprint density at radius 2 is 1.40 bits per heavy atom. The molecule has 45 heavy (non-hydrogen) atoms. The van der Waals surface area contributed by atoms with Crippen LogP contribution in [0.5, 0.6) is 17.2 Å². The summed E-state index contributed by atoms with van der Waals surface area (Å²) in [6.45, 7) is 7.50. The van der Waals surface area contributed by atoms with Crippen molar-refractivity contribution < 1.29 is 33.8 Å². The molecule has 0 saturated heterocycles. The molecule has 0 aliphatic carbocycles. The van der Waals surface area contributed by atoms with Gasteiger partial charge in [-0.1, -0.05) is 70.2 Å². The quantitative estimate of drug-likeness (QED) is 0.151. The van der Waals surface area contributed by atoms with Crippen LogP contribution in [0.2, 0.25) is 0 Å². The van der Waals surface area contributed by atoms with E-state index in [0.717, 1.165) is 22.4 Å². The minimum Gasteiger partial charge on any atom is -0.493 e. The second-order valence-corrected chi connectivity index (χ2v) is 11.8. The molecule has 10 nitrogen and oxygen atoms in total. The lowest BCUT2D eigenvalue weighted by Crippen LogP contribution is -2.57. The van der Waals surface area contributed by atoms with Gasteiger partial charge in [0, 0.05) is 12.1 Å². The monoisotopic (exact) mass is 619 g/mol. The van der Waals surface area contributed by atoms with Crippen LogP contribution in [0.1, 0.15) is 39.7 Å². The third-order valence-corrected chi connectivity index (χ3v) is 7.45. The van der Waals surface area contributed by atoms with E-state index in [-0.39, 0.29) is 18.3 Å². The van der Waals surface area contributed by atoms with E-state index in [1.807, 2.05) is 82.3 Å². The van der Waals surface area contributed by atoms with Crippen LogP contribution in [-0.4, -0.2) is 68.3 Å². The van der Waals surface area contributed by atoms with Gasteiger partial charge in [-0.3, -0.25) is 9.59 Å². The number of nitrogens with one attached hydrogen (secondary N) is 3. The molecule has 3 aromatic carbocycles. The Balaban J connectivity index is 1.95. The molecule has 0 aliphatic rings. The lowest BCUT2D eigenvalue weighted by Gasteiger charge is -2.28. The summed E-state index contributed by atoms with van der Waals surface area (Å²) in [5.41, 5.74) is 3.47. The SMILES string of the molecule is COc1cc(C[C@H](Nc2cccc(-c3ccccc3)c2)C(=O)N[C@@H](C(=O)N[C@H](CC(C)C)B(O)O)C(C)C)cc(OC)c1OC. The molecule has 3 atom stereocenters. The average molecular weight is 620 g/mol. The van der Waals surface area contributed by atoms with Crippen molar-refractivity contribution in [2.75, 3.05) is 26.6 Å². The highest BCUT2D eigenvalue weighted by Crippen LogP contribution is 2.38. The number of anilines is 1. The van der Waals surface area contributed by atoms with Gasteiger partial charge < -0.3 is 40.2 Å². The maximum Gasteiger partial charge on any atom is 0.475 e. The van der Waals surface area contributed by atoms with Gasteiger partial charge in [0.2, 0.25) is 17.6 Å². The predicted octanol–water partition coefficient (Wildman–Crippen LogP) is 4.09. The number of carbonyl (C=O) groups is 2. The second kappa shape index (κ2) is 16.7. The molecule has 3 rings (SSSR count). The van der Waals surface area contributed by atoms with Gasteiger partial charge in [-0.25, -0.2) is 0 Å². The number of benzene rings is 3. The van der Waals surface area contributed by atoms with Crippen molar-refractivity contribution >= 4 is 24.6 Å². The summed E-state index contributed by atoms with van der Waals surface area (Å²) in [7, 11) is 2.85. The zero-order chi connectivity index (χ0) is 33.1. The fourth-order valence-corrected chi connectivity index (χ4v) is 5.14. The molecule has 2 amide bonds. The third kappa shape index (κ3) is 9.89. The number of amides is 2. The van der Waals surface area contributed by atoms with Gasteiger partial charge >= 0.3 is 7.12 Å². The van der Waals surface area contributed by atoms with Crippen LogP contribution in [0.15, 0.2) is 66.7 Å². The highest BCUT2D eigenvalue weighted by molar-refractivity contribution is 6.43. The second-order valence-electron chi connectivity index (χ2n) is 11.8. The fourth-order valence-electron chi connectivity index (χ4n) is 5.14. The minimum atomic E-state index is -1.73. The van der Waals surface area contributed by atoms with E-state index >= 15 is 0 Å². The first-order valence-corrected chi connectivity index (χ1v) is 15.1. The molecule has 0 aliphatic heterocycles. The van der Waals surface area contributed by atoms with Gasteiger partial charge in [0.15, 0.2) is 11.5 Å². The van der Waals surface area contributed by atoms with E-state index in [1.54, 1.807) is 12.1 Å². The van der Waals surface area contributed by atoms with Crippen LogP contribution < -0.4 is 30.2 Å². The lowest BCUT2D eigenvalue weighted by molar-refractivity contribution is -0.130. The molecule has 0 heterocycles. The van der Waals surface area contributed by atoms with Crippen LogP contribution in [-0.2, 0) is 16.0 Å². The summed E-state index contributed by atoms with van der Waals surface area (Å²) in [5, 5.41) is 28.8. The molecular formula is C34H46BN3O7. The average Bonchev–Trinajstić information content (AvgIpc) is 3.02. The largest absolute Gasteiger partial charge is 0.493 e. The molecule has 0 fully saturated rings. The Hall–Kier alpha value is -4.22. The summed E-state index contributed by atoms with van der Waals surface area (Å²) in [5.74, 6) is -0.597. The van der Waals surface area contributed by atoms with Crippen LogP contribution in [0, 0.1) is 11.8 Å². The Morgan fingerprint density at radius 3 is 1.93 bits per heavy atom. The number of rotatable bonds is 16. The molecule has 0 unspecified atom stereocenters. The molecule has 0 bridgehead atoms. The Kier molecular flexibility index (Phi) is 13.1. The normalized spacial score (nSPS) is 13.0. The third-order valence-electron chi connectivity index (χ3n) is 7.45. The molecule has 0 spiro atoms. The van der Waals surface area contributed by atoms with Gasteiger partial charge in [0.1, 0.15) is 12.1 Å². The molecule has 242 valence electrons. The van der Waals surface area contributed by atoms with E-state index in [0.29, 0.717) is 23.7 Å². The number of hydrogen-bond acceptors (Lipinski definition) is 8. The number of carbonyl (C=O) groups excluding carboxylic acids is 2. The van der Waals surface area contributed by atoms with Crippen LogP contribution in [0.4, 0.5) is 5.69 Å². The first-order chi connectivity index (χ1) is 21.5. The number of hydrogen-bond donors (Lipinski definition) is 5. The molecule has 0 aromatic heterocycles. The molecular weight excluding hydrogens is 573 g/mol. The van der Waals surface area contributed by atoms with Crippen molar-refractivity contribution in [2.24, 2.45) is 11.8 Å².